The lowest BCUT2D eigenvalue weighted by Gasteiger charge is -2.21. The first-order valence-electron chi connectivity index (χ1n) is 7.99. The highest BCUT2D eigenvalue weighted by molar-refractivity contribution is 7.09. The van der Waals surface area contributed by atoms with Gasteiger partial charge in [-0.3, -0.25) is 9.69 Å². The van der Waals surface area contributed by atoms with Crippen LogP contribution < -0.4 is 10.2 Å². The number of nitrogens with zero attached hydrogens (tertiary/aromatic N) is 4. The van der Waals surface area contributed by atoms with Gasteiger partial charge in [-0.05, 0) is 23.9 Å². The van der Waals surface area contributed by atoms with E-state index in [1.54, 1.807) is 23.6 Å². The minimum atomic E-state index is -0.908. The van der Waals surface area contributed by atoms with Crippen LogP contribution in [0.25, 0.3) is 0 Å². The Morgan fingerprint density at radius 1 is 1.29 bits per heavy atom. The lowest BCUT2D eigenvalue weighted by Crippen LogP contribution is -2.31. The van der Waals surface area contributed by atoms with Gasteiger partial charge < -0.3 is 15.3 Å². The Balaban J connectivity index is 1.59. The number of carboxylic acids is 1. The van der Waals surface area contributed by atoms with Crippen LogP contribution in [0, 0.1) is 0 Å². The molecule has 1 fully saturated rings. The lowest BCUT2D eigenvalue weighted by atomic mass is 10.3. The Morgan fingerprint density at radius 2 is 2.21 bits per heavy atom. The second-order valence-corrected chi connectivity index (χ2v) is 6.72. The molecule has 24 heavy (non-hydrogen) atoms. The summed E-state index contributed by atoms with van der Waals surface area (Å²) in [5.41, 5.74) is 0. The van der Waals surface area contributed by atoms with Gasteiger partial charge in [0, 0.05) is 43.8 Å². The van der Waals surface area contributed by atoms with Crippen molar-refractivity contribution in [3.8, 4) is 0 Å². The van der Waals surface area contributed by atoms with Crippen LogP contribution in [-0.2, 0) is 11.3 Å². The quantitative estimate of drug-likeness (QED) is 0.824. The maximum atomic E-state index is 10.7. The smallest absolute Gasteiger partial charge is 0.322 e. The monoisotopic (exact) mass is 347 g/mol. The van der Waals surface area contributed by atoms with Gasteiger partial charge in [0.05, 0.1) is 0 Å². The van der Waals surface area contributed by atoms with Gasteiger partial charge in [-0.1, -0.05) is 6.07 Å². The first-order valence-corrected chi connectivity index (χ1v) is 8.87. The number of nitrogens with one attached hydrogen (secondary N) is 1. The molecule has 0 aliphatic carbocycles. The van der Waals surface area contributed by atoms with Gasteiger partial charge >= 0.3 is 5.97 Å². The van der Waals surface area contributed by atoms with Crippen molar-refractivity contribution in [2.45, 2.75) is 13.0 Å². The van der Waals surface area contributed by atoms with Crippen LogP contribution in [0.4, 0.5) is 11.8 Å². The fourth-order valence-corrected chi connectivity index (χ4v) is 3.46. The number of aliphatic carboxylic acids is 1. The third-order valence-electron chi connectivity index (χ3n) is 3.89. The molecular weight excluding hydrogens is 326 g/mol. The average molecular weight is 347 g/mol. The van der Waals surface area contributed by atoms with Crippen molar-refractivity contribution in [3.05, 3.63) is 34.7 Å². The normalized spacial score (nSPS) is 15.9. The molecule has 1 aliphatic heterocycles. The van der Waals surface area contributed by atoms with Crippen LogP contribution in [0.5, 0.6) is 0 Å². The number of thiophene rings is 1. The van der Waals surface area contributed by atoms with Crippen molar-refractivity contribution in [2.24, 2.45) is 0 Å². The highest BCUT2D eigenvalue weighted by atomic mass is 32.1. The molecule has 0 spiro atoms. The lowest BCUT2D eigenvalue weighted by molar-refractivity contribution is -0.134. The fraction of sp³-hybridized carbons (Fsp3) is 0.438. The van der Waals surface area contributed by atoms with E-state index in [0.717, 1.165) is 39.1 Å². The summed E-state index contributed by atoms with van der Waals surface area (Å²) in [5, 5.41) is 13.6. The summed E-state index contributed by atoms with van der Waals surface area (Å²) in [7, 11) is 0. The Bertz CT molecular complexity index is 664. The van der Waals surface area contributed by atoms with Crippen molar-refractivity contribution >= 4 is 29.1 Å². The van der Waals surface area contributed by atoms with Crippen LogP contribution in [0.3, 0.4) is 0 Å². The zero-order valence-corrected chi connectivity index (χ0v) is 14.2. The maximum absolute atomic E-state index is 10.7. The Labute approximate surface area is 145 Å². The van der Waals surface area contributed by atoms with Crippen molar-refractivity contribution in [2.75, 3.05) is 42.9 Å². The summed E-state index contributed by atoms with van der Waals surface area (Å²) in [5.74, 6) is 0.291. The van der Waals surface area contributed by atoms with Gasteiger partial charge in [0.25, 0.3) is 0 Å². The molecule has 2 aromatic heterocycles. The van der Waals surface area contributed by atoms with Crippen molar-refractivity contribution in [3.63, 3.8) is 0 Å². The Hall–Kier alpha value is -2.19. The van der Waals surface area contributed by atoms with E-state index < -0.39 is 5.97 Å². The molecular formula is C16H21N5O2S. The van der Waals surface area contributed by atoms with Gasteiger partial charge in [0.15, 0.2) is 0 Å². The highest BCUT2D eigenvalue weighted by Crippen LogP contribution is 2.16. The van der Waals surface area contributed by atoms with Crippen molar-refractivity contribution in [1.29, 1.82) is 0 Å². The summed E-state index contributed by atoms with van der Waals surface area (Å²) in [6.07, 6.45) is 2.72. The molecule has 0 atom stereocenters. The van der Waals surface area contributed by atoms with Gasteiger partial charge in [-0.25, -0.2) is 4.98 Å². The van der Waals surface area contributed by atoms with Crippen LogP contribution in [0.2, 0.25) is 0 Å². The molecule has 2 N–H and O–H groups in total. The van der Waals surface area contributed by atoms with E-state index in [1.165, 1.54) is 4.88 Å². The zero-order valence-electron chi connectivity index (χ0n) is 13.4. The van der Waals surface area contributed by atoms with Gasteiger partial charge in [-0.15, -0.1) is 11.3 Å². The molecule has 1 saturated heterocycles. The second kappa shape index (κ2) is 8.07. The summed E-state index contributed by atoms with van der Waals surface area (Å²) >= 11 is 1.79. The van der Waals surface area contributed by atoms with Crippen LogP contribution >= 0.6 is 11.3 Å². The van der Waals surface area contributed by atoms with Gasteiger partial charge in [-0.2, -0.15) is 4.98 Å². The molecule has 2 aromatic rings. The summed E-state index contributed by atoms with van der Waals surface area (Å²) < 4.78 is 0. The van der Waals surface area contributed by atoms with E-state index >= 15 is 0 Å². The molecule has 0 amide bonds. The number of rotatable bonds is 6. The fourth-order valence-electron chi connectivity index (χ4n) is 2.72. The molecule has 1 aliphatic rings. The molecule has 8 heteroatoms. The van der Waals surface area contributed by atoms with Crippen molar-refractivity contribution < 1.29 is 9.90 Å². The number of anilines is 2. The molecule has 0 radical (unpaired) electrons. The minimum absolute atomic E-state index is 0.148. The molecule has 3 heterocycles. The van der Waals surface area contributed by atoms with E-state index in [2.05, 4.69) is 42.6 Å². The minimum Gasteiger partial charge on any atom is -0.480 e. The molecule has 7 nitrogen and oxygen atoms in total. The molecule has 0 saturated carbocycles. The number of hydrogen-bond donors (Lipinski definition) is 2. The van der Waals surface area contributed by atoms with E-state index in [1.807, 2.05) is 0 Å². The molecule has 3 rings (SSSR count). The second-order valence-electron chi connectivity index (χ2n) is 5.69. The Morgan fingerprint density at radius 3 is 3.00 bits per heavy atom. The highest BCUT2D eigenvalue weighted by Gasteiger charge is 2.17. The van der Waals surface area contributed by atoms with Crippen LogP contribution in [0.1, 0.15) is 11.3 Å². The van der Waals surface area contributed by atoms with Crippen LogP contribution in [-0.4, -0.2) is 58.7 Å². The number of aromatic nitrogens is 2. The molecule has 0 bridgehead atoms. The van der Waals surface area contributed by atoms with E-state index in [9.17, 15) is 4.79 Å². The largest absolute Gasteiger partial charge is 0.480 e. The summed E-state index contributed by atoms with van der Waals surface area (Å²) in [6.45, 7) is 4.65. The number of carbonyl (C=O) groups is 1. The topological polar surface area (TPSA) is 81.6 Å². The maximum Gasteiger partial charge on any atom is 0.322 e. The first-order chi connectivity index (χ1) is 11.7. The van der Waals surface area contributed by atoms with Gasteiger partial charge in [0.2, 0.25) is 5.95 Å². The molecule has 0 unspecified atom stereocenters. The van der Waals surface area contributed by atoms with E-state index in [4.69, 9.17) is 5.11 Å². The zero-order chi connectivity index (χ0) is 16.8. The number of carboxylic acid groups (broad SMARTS) is 1. The summed E-state index contributed by atoms with van der Waals surface area (Å²) in [4.78, 5) is 25.4. The van der Waals surface area contributed by atoms with Crippen molar-refractivity contribution in [1.82, 2.24) is 14.9 Å². The SMILES string of the molecule is O=C(O)CNc1ccnc(N2CCCN(Cc3cccs3)CC2)n1. The van der Waals surface area contributed by atoms with E-state index in [0.29, 0.717) is 11.8 Å². The van der Waals surface area contributed by atoms with E-state index in [-0.39, 0.29) is 6.54 Å². The Kier molecular flexibility index (Phi) is 5.60. The third kappa shape index (κ3) is 4.65. The molecule has 0 aromatic carbocycles. The predicted molar refractivity (Wildman–Crippen MR) is 94.6 cm³/mol. The van der Waals surface area contributed by atoms with Gasteiger partial charge in [0.1, 0.15) is 12.4 Å². The van der Waals surface area contributed by atoms with Crippen LogP contribution in [0.15, 0.2) is 29.8 Å². The first kappa shape index (κ1) is 16.7. The molecule has 128 valence electrons. The predicted octanol–water partition coefficient (Wildman–Crippen LogP) is 1.75. The standard InChI is InChI=1S/C16H21N5O2S/c22-15(23)11-18-14-4-5-17-16(19-14)21-7-2-6-20(8-9-21)12-13-3-1-10-24-13/h1,3-5,10H,2,6-9,11-12H2,(H,22,23)(H,17,18,19). The third-order valence-corrected chi connectivity index (χ3v) is 4.76. The summed E-state index contributed by atoms with van der Waals surface area (Å²) in [6, 6.07) is 5.95. The number of hydrogen-bond acceptors (Lipinski definition) is 7. The average Bonchev–Trinajstić information content (AvgIpc) is 2.97.